The van der Waals surface area contributed by atoms with E-state index in [9.17, 15) is 10.2 Å². The molecule has 10 nitrogen and oxygen atoms in total. The molecule has 0 aromatic heterocycles. The van der Waals surface area contributed by atoms with Gasteiger partial charge in [0.15, 0.2) is 16.6 Å². The number of nitrogens with one attached hydrogen (secondary N) is 1. The van der Waals surface area contributed by atoms with E-state index in [0.29, 0.717) is 30.5 Å². The highest BCUT2D eigenvalue weighted by Gasteiger charge is 2.70. The van der Waals surface area contributed by atoms with Crippen LogP contribution in [-0.4, -0.2) is 93.3 Å². The van der Waals surface area contributed by atoms with Crippen LogP contribution in [-0.2, 0) is 18.3 Å². The average Bonchev–Trinajstić information content (AvgIpc) is 3.91. The lowest BCUT2D eigenvalue weighted by atomic mass is 9.58. The van der Waals surface area contributed by atoms with Crippen molar-refractivity contribution in [3.8, 4) is 0 Å². The van der Waals surface area contributed by atoms with Crippen molar-refractivity contribution in [1.82, 2.24) is 5.32 Å². The summed E-state index contributed by atoms with van der Waals surface area (Å²) in [5.74, 6) is 1.22. The molecule has 2 saturated heterocycles. The molecule has 14 atom stereocenters. The first-order valence-corrected chi connectivity index (χ1v) is 31.2. The topological polar surface area (TPSA) is 138 Å². The summed E-state index contributed by atoms with van der Waals surface area (Å²) in [5.41, 5.74) is 13.6. The number of aliphatic hydroxyl groups excluding tert-OH is 2. The molecule has 10 rings (SSSR count). The molecule has 4 bridgehead atoms. The second-order valence-corrected chi connectivity index (χ2v) is 35.6. The normalized spacial score (nSPS) is 44.7. The van der Waals surface area contributed by atoms with Gasteiger partial charge in [0, 0.05) is 17.4 Å². The summed E-state index contributed by atoms with van der Waals surface area (Å²) in [6.07, 6.45) is 23.1. The summed E-state index contributed by atoms with van der Waals surface area (Å²) in [5, 5.41) is 28.9. The zero-order chi connectivity index (χ0) is 46.3. The minimum atomic E-state index is -1.86. The lowest BCUT2D eigenvalue weighted by Gasteiger charge is -2.56. The van der Waals surface area contributed by atoms with Gasteiger partial charge in [-0.1, -0.05) is 80.1 Å². The molecule has 364 valence electrons. The third-order valence-corrected chi connectivity index (χ3v) is 29.7. The van der Waals surface area contributed by atoms with Crippen LogP contribution in [0.5, 0.6) is 0 Å². The molecule has 4 heterocycles. The van der Waals surface area contributed by atoms with Crippen molar-refractivity contribution in [2.24, 2.45) is 33.7 Å². The van der Waals surface area contributed by atoms with Crippen LogP contribution in [0, 0.1) is 28.6 Å². The zero-order valence-electron chi connectivity index (χ0n) is 41.9. The highest BCUT2D eigenvalue weighted by Crippen LogP contribution is 2.70. The SMILES string of the molecule is C.CC(C)(C)[Si](C)(C)O[C@H]1CC[C@@H]2[C@]1(C)CCC1=CC3=C[C@H](O)[C@@H](N=[N+]=[N-])C[C@]34CC[C@@]12O4.CNC[C@H]1C[C@@]23CC[C@@]4(O2)C(=CC3=C[C@@H]1O)CC[C@]1(C)[C@@H](O[Si](C)(C)C(C)(C)C)CC[C@H]14. The van der Waals surface area contributed by atoms with Gasteiger partial charge in [0.05, 0.1) is 52.9 Å². The Kier molecular flexibility index (Phi) is 12.5. The average molecular weight is 933 g/mol. The number of azide groups is 1. The zero-order valence-corrected chi connectivity index (χ0v) is 43.9. The number of fused-ring (bicyclic) bond motifs is 2. The van der Waals surface area contributed by atoms with E-state index in [-0.39, 0.29) is 57.2 Å². The van der Waals surface area contributed by atoms with Crippen LogP contribution in [0.4, 0.5) is 0 Å². The monoisotopic (exact) mass is 933 g/mol. The maximum Gasteiger partial charge on any atom is 0.192 e. The smallest absolute Gasteiger partial charge is 0.192 e. The van der Waals surface area contributed by atoms with Gasteiger partial charge in [-0.25, -0.2) is 0 Å². The predicted octanol–water partition coefficient (Wildman–Crippen LogP) is 12.2. The first-order chi connectivity index (χ1) is 29.7. The summed E-state index contributed by atoms with van der Waals surface area (Å²) in [6, 6.07) is -0.456. The Balaban J connectivity index is 0.000000175. The minimum absolute atomic E-state index is 0. The molecule has 10 aliphatic rings. The fourth-order valence-corrected chi connectivity index (χ4v) is 17.9. The molecule has 4 spiro atoms. The molecule has 0 aromatic rings. The van der Waals surface area contributed by atoms with Crippen LogP contribution in [0.25, 0.3) is 10.4 Å². The van der Waals surface area contributed by atoms with E-state index in [0.717, 1.165) is 76.3 Å². The van der Waals surface area contributed by atoms with Gasteiger partial charge in [0.25, 0.3) is 0 Å². The number of rotatable bonds is 7. The highest BCUT2D eigenvalue weighted by atomic mass is 28.4. The van der Waals surface area contributed by atoms with Crippen LogP contribution >= 0.6 is 0 Å². The van der Waals surface area contributed by atoms with Crippen LogP contribution in [0.1, 0.15) is 153 Å². The number of ether oxygens (including phenoxy) is 2. The molecule has 65 heavy (non-hydrogen) atoms. The molecule has 3 N–H and O–H groups in total. The van der Waals surface area contributed by atoms with E-state index in [2.05, 4.69) is 115 Å². The molecular weight excluding hydrogens is 845 g/mol. The van der Waals surface area contributed by atoms with Gasteiger partial charge in [-0.2, -0.15) is 0 Å². The van der Waals surface area contributed by atoms with Crippen molar-refractivity contribution in [1.29, 1.82) is 0 Å². The Bertz CT molecular complexity index is 2070. The minimum Gasteiger partial charge on any atom is -0.413 e. The molecule has 0 amide bonds. The van der Waals surface area contributed by atoms with Gasteiger partial charge in [0.2, 0.25) is 0 Å². The van der Waals surface area contributed by atoms with E-state index in [1.165, 1.54) is 36.0 Å². The van der Waals surface area contributed by atoms with Gasteiger partial charge in [-0.05, 0) is 196 Å². The number of nitrogens with zero attached hydrogens (tertiary/aromatic N) is 3. The van der Waals surface area contributed by atoms with Crippen LogP contribution in [0.15, 0.2) is 51.7 Å². The second kappa shape index (κ2) is 16.2. The highest BCUT2D eigenvalue weighted by molar-refractivity contribution is 6.74. The van der Waals surface area contributed by atoms with Crippen molar-refractivity contribution in [2.75, 3.05) is 13.6 Å². The fraction of sp³-hybridized carbons (Fsp3) is 0.849. The molecule has 6 fully saturated rings. The van der Waals surface area contributed by atoms with Crippen LogP contribution in [0.2, 0.25) is 36.3 Å². The summed E-state index contributed by atoms with van der Waals surface area (Å²) >= 11 is 0. The standard InChI is InChI=1S/C27H45NO3Si.C25H39N3O3Si.CH4/c1-24(2,3)32(6,7)30-23-9-8-22-25(23,4)11-10-19-14-20-15-21(29)18(17-28-5)16-26(20)12-13-27(19,22)31-26;1-22(2,3)32(5,6)30-21-8-7-20-23(21,4)10-9-16-13-17-14-19(29)18(27-28-26)15-24(17)11-12-25(16,20)31-24;/h14-15,18,21-23,28-29H,8-13,16-17H2,1-7H3;13-14,18-21,29H,7-12,15H2,1-6H3;1H4/t18-,21+,22-,23+,25+,26-,27-;18-,19-,20+,21-,23-,24+,25+;/m10./s1. The number of hydrogen-bond donors (Lipinski definition) is 3. The lowest BCUT2D eigenvalue weighted by molar-refractivity contribution is -0.155. The quantitative estimate of drug-likeness (QED) is 0.1000. The summed E-state index contributed by atoms with van der Waals surface area (Å²) in [4.78, 5) is 2.99. The fourth-order valence-electron chi connectivity index (χ4n) is 15.0. The van der Waals surface area contributed by atoms with E-state index in [1.807, 2.05) is 13.1 Å². The largest absolute Gasteiger partial charge is 0.413 e. The molecule has 4 saturated carbocycles. The third kappa shape index (κ3) is 7.49. The van der Waals surface area contributed by atoms with Crippen molar-refractivity contribution in [2.45, 2.75) is 242 Å². The molecule has 0 unspecified atom stereocenters. The van der Waals surface area contributed by atoms with E-state index < -0.39 is 34.4 Å². The first-order valence-electron chi connectivity index (χ1n) is 25.4. The van der Waals surface area contributed by atoms with E-state index in [4.69, 9.17) is 23.9 Å². The van der Waals surface area contributed by atoms with Gasteiger partial charge >= 0.3 is 0 Å². The van der Waals surface area contributed by atoms with E-state index in [1.54, 1.807) is 0 Å². The second-order valence-electron chi connectivity index (χ2n) is 26.0. The van der Waals surface area contributed by atoms with Crippen molar-refractivity contribution < 1.29 is 28.5 Å². The van der Waals surface area contributed by atoms with Crippen molar-refractivity contribution >= 4 is 16.6 Å². The summed E-state index contributed by atoms with van der Waals surface area (Å²) in [7, 11) is -1.69. The molecule has 6 aliphatic carbocycles. The Morgan fingerprint density at radius 1 is 0.723 bits per heavy atom. The predicted molar refractivity (Wildman–Crippen MR) is 266 cm³/mol. The Hall–Kier alpha value is -1.58. The van der Waals surface area contributed by atoms with Gasteiger partial charge < -0.3 is 33.9 Å². The van der Waals surface area contributed by atoms with Crippen molar-refractivity contribution in [3.05, 3.63) is 57.0 Å². The molecule has 12 heteroatoms. The van der Waals surface area contributed by atoms with Crippen LogP contribution in [0.3, 0.4) is 0 Å². The van der Waals surface area contributed by atoms with Gasteiger partial charge in [-0.3, -0.25) is 0 Å². The molecule has 0 radical (unpaired) electrons. The maximum atomic E-state index is 10.7. The number of hydrogen-bond acceptors (Lipinski definition) is 8. The Morgan fingerprint density at radius 3 is 1.60 bits per heavy atom. The Labute approximate surface area is 395 Å². The van der Waals surface area contributed by atoms with Gasteiger partial charge in [0.1, 0.15) is 0 Å². The van der Waals surface area contributed by atoms with E-state index >= 15 is 0 Å². The summed E-state index contributed by atoms with van der Waals surface area (Å²) in [6.45, 7) is 29.4. The van der Waals surface area contributed by atoms with Crippen LogP contribution < -0.4 is 5.32 Å². The van der Waals surface area contributed by atoms with Crippen molar-refractivity contribution in [3.63, 3.8) is 0 Å². The summed E-state index contributed by atoms with van der Waals surface area (Å²) < 4.78 is 28.6. The molecule has 4 aliphatic heterocycles. The number of aliphatic hydroxyl groups is 2. The molecule has 0 aromatic carbocycles. The Morgan fingerprint density at radius 2 is 1.17 bits per heavy atom. The maximum absolute atomic E-state index is 10.7. The lowest BCUT2D eigenvalue weighted by Crippen LogP contribution is -2.57. The first kappa shape index (κ1) is 49.8. The van der Waals surface area contributed by atoms with Gasteiger partial charge in [-0.15, -0.1) is 0 Å². The third-order valence-electron chi connectivity index (χ3n) is 20.7. The molecular formula is C53H88N4O6Si2.